The predicted molar refractivity (Wildman–Crippen MR) is 102 cm³/mol. The number of piperidine rings is 1. The predicted octanol–water partition coefficient (Wildman–Crippen LogP) is 2.61. The molecule has 4 rings (SSSR count). The molecule has 128 valence electrons. The Hall–Kier alpha value is -1.24. The summed E-state index contributed by atoms with van der Waals surface area (Å²) in [7, 11) is 2.24. The van der Waals surface area contributed by atoms with E-state index >= 15 is 0 Å². The van der Waals surface area contributed by atoms with E-state index in [2.05, 4.69) is 59.8 Å². The van der Waals surface area contributed by atoms with E-state index in [1.54, 1.807) is 6.33 Å². The highest BCUT2D eigenvalue weighted by molar-refractivity contribution is 9.10. The van der Waals surface area contributed by atoms with Gasteiger partial charge in [-0.25, -0.2) is 9.97 Å². The fourth-order valence-electron chi connectivity index (χ4n) is 4.00. The number of likely N-dealkylation sites (N-methyl/N-ethyl adjacent to an activating group) is 1. The SMILES string of the molecule is CN1CCCC(N2CCN(c3ncnc4ccc(Br)cc34)CC2)C1. The zero-order valence-corrected chi connectivity index (χ0v) is 15.7. The summed E-state index contributed by atoms with van der Waals surface area (Å²) in [4.78, 5) is 16.5. The maximum atomic E-state index is 4.59. The van der Waals surface area contributed by atoms with Crippen LogP contribution in [-0.4, -0.2) is 72.1 Å². The molecule has 3 heterocycles. The zero-order valence-electron chi connectivity index (χ0n) is 14.2. The van der Waals surface area contributed by atoms with E-state index in [4.69, 9.17) is 0 Å². The van der Waals surface area contributed by atoms with Crippen LogP contribution in [0, 0.1) is 0 Å². The average Bonchev–Trinajstić information content (AvgIpc) is 2.61. The van der Waals surface area contributed by atoms with Crippen LogP contribution in [0.4, 0.5) is 5.82 Å². The number of aromatic nitrogens is 2. The standard InChI is InChI=1S/C18H24BrN5/c1-22-6-2-3-15(12-22)23-7-9-24(10-8-23)18-16-11-14(19)4-5-17(16)20-13-21-18/h4-5,11,13,15H,2-3,6-10,12H2,1H3. The number of likely N-dealkylation sites (tertiary alicyclic amines) is 1. The number of anilines is 1. The van der Waals surface area contributed by atoms with Gasteiger partial charge in [-0.2, -0.15) is 0 Å². The van der Waals surface area contributed by atoms with Crippen molar-refractivity contribution in [2.75, 3.05) is 51.2 Å². The fraction of sp³-hybridized carbons (Fsp3) is 0.556. The van der Waals surface area contributed by atoms with Crippen LogP contribution in [0.3, 0.4) is 0 Å². The molecular weight excluding hydrogens is 366 g/mol. The maximum Gasteiger partial charge on any atom is 0.140 e. The second-order valence-corrected chi connectivity index (χ2v) is 7.86. The molecule has 0 radical (unpaired) electrons. The van der Waals surface area contributed by atoms with Crippen molar-refractivity contribution in [3.8, 4) is 0 Å². The van der Waals surface area contributed by atoms with E-state index in [1.165, 1.54) is 25.9 Å². The fourth-order valence-corrected chi connectivity index (χ4v) is 4.36. The highest BCUT2D eigenvalue weighted by Gasteiger charge is 2.27. The minimum absolute atomic E-state index is 0.724. The van der Waals surface area contributed by atoms with Crippen LogP contribution in [0.25, 0.3) is 10.9 Å². The second kappa shape index (κ2) is 6.94. The lowest BCUT2D eigenvalue weighted by Gasteiger charge is -2.43. The van der Waals surface area contributed by atoms with Gasteiger partial charge in [0, 0.05) is 48.6 Å². The average molecular weight is 390 g/mol. The Morgan fingerprint density at radius 2 is 1.92 bits per heavy atom. The van der Waals surface area contributed by atoms with E-state index in [1.807, 2.05) is 6.07 Å². The lowest BCUT2D eigenvalue weighted by molar-refractivity contribution is 0.106. The summed E-state index contributed by atoms with van der Waals surface area (Å²) >= 11 is 3.57. The first kappa shape index (κ1) is 16.2. The zero-order chi connectivity index (χ0) is 16.5. The number of hydrogen-bond acceptors (Lipinski definition) is 5. The minimum atomic E-state index is 0.724. The minimum Gasteiger partial charge on any atom is -0.353 e. The smallest absolute Gasteiger partial charge is 0.140 e. The number of nitrogens with zero attached hydrogens (tertiary/aromatic N) is 5. The lowest BCUT2D eigenvalue weighted by Crippen LogP contribution is -2.54. The topological polar surface area (TPSA) is 35.5 Å². The van der Waals surface area contributed by atoms with E-state index in [-0.39, 0.29) is 0 Å². The number of rotatable bonds is 2. The third kappa shape index (κ3) is 3.27. The molecule has 5 nitrogen and oxygen atoms in total. The van der Waals surface area contributed by atoms with Crippen LogP contribution in [0.15, 0.2) is 29.0 Å². The quantitative estimate of drug-likeness (QED) is 0.788. The first-order valence-corrected chi connectivity index (χ1v) is 9.58. The summed E-state index contributed by atoms with van der Waals surface area (Å²) in [5.41, 5.74) is 1.01. The highest BCUT2D eigenvalue weighted by atomic mass is 79.9. The normalized spacial score (nSPS) is 23.8. The first-order chi connectivity index (χ1) is 11.7. The summed E-state index contributed by atoms with van der Waals surface area (Å²) in [5.74, 6) is 1.07. The van der Waals surface area contributed by atoms with Gasteiger partial charge in [-0.3, -0.25) is 4.90 Å². The molecule has 2 aliphatic rings. The van der Waals surface area contributed by atoms with Crippen molar-refractivity contribution in [1.82, 2.24) is 19.8 Å². The van der Waals surface area contributed by atoms with Crippen molar-refractivity contribution in [1.29, 1.82) is 0 Å². The van der Waals surface area contributed by atoms with Gasteiger partial charge in [-0.15, -0.1) is 0 Å². The van der Waals surface area contributed by atoms with Crippen LogP contribution >= 0.6 is 15.9 Å². The Labute approximate surface area is 151 Å². The van der Waals surface area contributed by atoms with Crippen molar-refractivity contribution in [2.45, 2.75) is 18.9 Å². The number of fused-ring (bicyclic) bond motifs is 1. The number of halogens is 1. The Bertz CT molecular complexity index is 714. The first-order valence-electron chi connectivity index (χ1n) is 8.78. The van der Waals surface area contributed by atoms with Crippen LogP contribution in [0.2, 0.25) is 0 Å². The molecule has 0 aliphatic carbocycles. The monoisotopic (exact) mass is 389 g/mol. The van der Waals surface area contributed by atoms with Crippen molar-refractivity contribution in [3.63, 3.8) is 0 Å². The van der Waals surface area contributed by atoms with Gasteiger partial charge < -0.3 is 9.80 Å². The lowest BCUT2D eigenvalue weighted by atomic mass is 10.0. The summed E-state index contributed by atoms with van der Waals surface area (Å²) in [6.45, 7) is 6.79. The van der Waals surface area contributed by atoms with E-state index < -0.39 is 0 Å². The largest absolute Gasteiger partial charge is 0.353 e. The van der Waals surface area contributed by atoms with E-state index in [9.17, 15) is 0 Å². The number of hydrogen-bond donors (Lipinski definition) is 0. The van der Waals surface area contributed by atoms with Crippen LogP contribution in [0.1, 0.15) is 12.8 Å². The van der Waals surface area contributed by atoms with Crippen LogP contribution in [-0.2, 0) is 0 Å². The third-order valence-electron chi connectivity index (χ3n) is 5.31. The molecule has 24 heavy (non-hydrogen) atoms. The van der Waals surface area contributed by atoms with Crippen molar-refractivity contribution >= 4 is 32.7 Å². The van der Waals surface area contributed by atoms with Gasteiger partial charge in [0.05, 0.1) is 5.52 Å². The molecule has 1 aromatic carbocycles. The van der Waals surface area contributed by atoms with E-state index in [0.717, 1.165) is 53.4 Å². The molecule has 2 fully saturated rings. The van der Waals surface area contributed by atoms with Crippen molar-refractivity contribution < 1.29 is 0 Å². The molecule has 1 unspecified atom stereocenters. The summed E-state index contributed by atoms with van der Waals surface area (Å²) in [6.07, 6.45) is 4.35. The highest BCUT2D eigenvalue weighted by Crippen LogP contribution is 2.27. The molecular formula is C18H24BrN5. The van der Waals surface area contributed by atoms with Gasteiger partial charge in [0.1, 0.15) is 12.1 Å². The Kier molecular flexibility index (Phi) is 4.70. The molecule has 1 aromatic heterocycles. The summed E-state index contributed by atoms with van der Waals surface area (Å²) in [5, 5.41) is 1.14. The molecule has 0 amide bonds. The van der Waals surface area contributed by atoms with Gasteiger partial charge in [0.25, 0.3) is 0 Å². The van der Waals surface area contributed by atoms with Crippen LogP contribution < -0.4 is 4.90 Å². The molecule has 2 aromatic rings. The molecule has 1 atom stereocenters. The molecule has 0 bridgehead atoms. The molecule has 0 saturated carbocycles. The summed E-state index contributed by atoms with van der Waals surface area (Å²) in [6, 6.07) is 6.95. The maximum absolute atomic E-state index is 4.59. The van der Waals surface area contributed by atoms with Crippen LogP contribution in [0.5, 0.6) is 0 Å². The van der Waals surface area contributed by atoms with E-state index in [0.29, 0.717) is 0 Å². The molecule has 0 spiro atoms. The Balaban J connectivity index is 1.49. The summed E-state index contributed by atoms with van der Waals surface area (Å²) < 4.78 is 1.08. The van der Waals surface area contributed by atoms with Gasteiger partial charge in [0.15, 0.2) is 0 Å². The Morgan fingerprint density at radius 3 is 2.71 bits per heavy atom. The molecule has 6 heteroatoms. The van der Waals surface area contributed by atoms with Gasteiger partial charge in [0.2, 0.25) is 0 Å². The van der Waals surface area contributed by atoms with Crippen molar-refractivity contribution in [2.24, 2.45) is 0 Å². The van der Waals surface area contributed by atoms with Crippen molar-refractivity contribution in [3.05, 3.63) is 29.0 Å². The second-order valence-electron chi connectivity index (χ2n) is 6.94. The molecule has 2 saturated heterocycles. The Morgan fingerprint density at radius 1 is 1.08 bits per heavy atom. The molecule has 0 N–H and O–H groups in total. The number of piperazine rings is 1. The van der Waals surface area contributed by atoms with Gasteiger partial charge in [-0.05, 0) is 44.6 Å². The number of benzene rings is 1. The third-order valence-corrected chi connectivity index (χ3v) is 5.80. The van der Waals surface area contributed by atoms with Gasteiger partial charge >= 0.3 is 0 Å². The van der Waals surface area contributed by atoms with Gasteiger partial charge in [-0.1, -0.05) is 15.9 Å². The molecule has 2 aliphatic heterocycles.